The molecule has 1 aromatic carbocycles. The average molecular weight is 374 g/mol. The minimum atomic E-state index is -2.63. The highest BCUT2D eigenvalue weighted by atomic mass is 32.1. The van der Waals surface area contributed by atoms with Crippen molar-refractivity contribution in [2.24, 2.45) is 0 Å². The summed E-state index contributed by atoms with van der Waals surface area (Å²) in [5.74, 6) is -1.51. The summed E-state index contributed by atoms with van der Waals surface area (Å²) < 4.78 is 26.4. The van der Waals surface area contributed by atoms with Gasteiger partial charge in [-0.15, -0.1) is 11.3 Å². The van der Waals surface area contributed by atoms with E-state index in [2.05, 4.69) is 27.4 Å². The molecule has 3 heterocycles. The van der Waals surface area contributed by atoms with Crippen LogP contribution in [-0.4, -0.2) is 35.5 Å². The van der Waals surface area contributed by atoms with E-state index < -0.39 is 5.92 Å². The number of fused-ring (bicyclic) bond motifs is 1. The minimum absolute atomic E-state index is 0.309. The molecule has 0 unspecified atom stereocenters. The zero-order chi connectivity index (χ0) is 18.1. The lowest BCUT2D eigenvalue weighted by Gasteiger charge is -2.38. The molecule has 7 heteroatoms. The second-order valence-electron chi connectivity index (χ2n) is 6.68. The number of rotatable bonds is 6. The van der Waals surface area contributed by atoms with E-state index >= 15 is 0 Å². The molecule has 2 aromatic heterocycles. The van der Waals surface area contributed by atoms with Crippen molar-refractivity contribution in [3.05, 3.63) is 46.8 Å². The number of aryl methyl sites for hydroxylation is 2. The van der Waals surface area contributed by atoms with Gasteiger partial charge in [0.2, 0.25) is 5.95 Å². The van der Waals surface area contributed by atoms with Gasteiger partial charge in [-0.3, -0.25) is 0 Å². The number of nitrogens with zero attached hydrogens (tertiary/aromatic N) is 3. The van der Waals surface area contributed by atoms with E-state index in [1.54, 1.807) is 11.3 Å². The molecular formula is C19H20F2N4S. The van der Waals surface area contributed by atoms with Gasteiger partial charge in [0.1, 0.15) is 10.6 Å². The van der Waals surface area contributed by atoms with Gasteiger partial charge in [-0.2, -0.15) is 4.98 Å². The van der Waals surface area contributed by atoms with Gasteiger partial charge in [-0.25, -0.2) is 13.8 Å². The van der Waals surface area contributed by atoms with Crippen LogP contribution in [0.5, 0.6) is 0 Å². The third-order valence-electron chi connectivity index (χ3n) is 4.41. The van der Waals surface area contributed by atoms with Crippen molar-refractivity contribution < 1.29 is 8.78 Å². The summed E-state index contributed by atoms with van der Waals surface area (Å²) in [4.78, 5) is 12.5. The summed E-state index contributed by atoms with van der Waals surface area (Å²) in [6.45, 7) is 2.17. The fourth-order valence-corrected chi connectivity index (χ4v) is 3.98. The minimum Gasteiger partial charge on any atom is -0.369 e. The van der Waals surface area contributed by atoms with Crippen molar-refractivity contribution in [2.75, 3.05) is 29.9 Å². The lowest BCUT2D eigenvalue weighted by atomic mass is 10.1. The van der Waals surface area contributed by atoms with Crippen molar-refractivity contribution in [3.63, 3.8) is 0 Å². The van der Waals surface area contributed by atoms with Crippen LogP contribution in [0, 0.1) is 6.92 Å². The summed E-state index contributed by atoms with van der Waals surface area (Å²) in [6.07, 6.45) is 1.95. The molecule has 1 aliphatic heterocycles. The second kappa shape index (κ2) is 6.79. The fourth-order valence-electron chi connectivity index (χ4n) is 3.10. The number of nitrogens with one attached hydrogen (secondary N) is 1. The third kappa shape index (κ3) is 3.62. The fraction of sp³-hybridized carbons (Fsp3) is 0.368. The summed E-state index contributed by atoms with van der Waals surface area (Å²) >= 11 is 1.56. The first-order valence-electron chi connectivity index (χ1n) is 8.69. The zero-order valence-electron chi connectivity index (χ0n) is 14.5. The van der Waals surface area contributed by atoms with Crippen LogP contribution >= 0.6 is 11.3 Å². The van der Waals surface area contributed by atoms with Crippen LogP contribution in [0.3, 0.4) is 0 Å². The molecule has 1 N–H and O–H groups in total. The Kier molecular flexibility index (Phi) is 4.48. The van der Waals surface area contributed by atoms with E-state index in [-0.39, 0.29) is 13.1 Å². The average Bonchev–Trinajstić information content (AvgIpc) is 2.97. The smallest absolute Gasteiger partial charge is 0.282 e. The first-order chi connectivity index (χ1) is 12.5. The maximum absolute atomic E-state index is 13.2. The maximum Gasteiger partial charge on any atom is 0.282 e. The normalized spacial score (nSPS) is 15.9. The predicted molar refractivity (Wildman–Crippen MR) is 103 cm³/mol. The van der Waals surface area contributed by atoms with E-state index in [4.69, 9.17) is 0 Å². The predicted octanol–water partition coefficient (Wildman–Crippen LogP) is 4.50. The molecule has 4 nitrogen and oxygen atoms in total. The van der Waals surface area contributed by atoms with Gasteiger partial charge in [0.15, 0.2) is 0 Å². The molecule has 0 saturated carbocycles. The van der Waals surface area contributed by atoms with Crippen LogP contribution in [-0.2, 0) is 6.42 Å². The Morgan fingerprint density at radius 3 is 2.69 bits per heavy atom. The van der Waals surface area contributed by atoms with E-state index in [0.717, 1.165) is 40.3 Å². The molecule has 1 saturated heterocycles. The van der Waals surface area contributed by atoms with Gasteiger partial charge in [-0.1, -0.05) is 30.3 Å². The topological polar surface area (TPSA) is 41.1 Å². The first kappa shape index (κ1) is 17.1. The summed E-state index contributed by atoms with van der Waals surface area (Å²) in [5, 5.41) is 4.34. The van der Waals surface area contributed by atoms with Crippen LogP contribution in [0.15, 0.2) is 36.4 Å². The summed E-state index contributed by atoms with van der Waals surface area (Å²) in [7, 11) is 0. The van der Waals surface area contributed by atoms with Gasteiger partial charge in [0.25, 0.3) is 5.92 Å². The Balaban J connectivity index is 1.48. The molecule has 136 valence electrons. The molecule has 0 atom stereocenters. The molecule has 4 rings (SSSR count). The van der Waals surface area contributed by atoms with E-state index in [1.165, 1.54) is 10.5 Å². The lowest BCUT2D eigenvalue weighted by molar-refractivity contribution is -0.0271. The molecule has 3 aromatic rings. The number of benzene rings is 1. The Morgan fingerprint density at radius 2 is 1.96 bits per heavy atom. The van der Waals surface area contributed by atoms with Gasteiger partial charge >= 0.3 is 0 Å². The molecule has 0 bridgehead atoms. The van der Waals surface area contributed by atoms with Crippen molar-refractivity contribution in [1.29, 1.82) is 0 Å². The number of halogens is 2. The quantitative estimate of drug-likeness (QED) is 0.645. The van der Waals surface area contributed by atoms with E-state index in [1.807, 2.05) is 31.2 Å². The van der Waals surface area contributed by atoms with Crippen LogP contribution in [0.1, 0.15) is 16.9 Å². The molecule has 1 fully saturated rings. The monoisotopic (exact) mass is 374 g/mol. The van der Waals surface area contributed by atoms with Crippen molar-refractivity contribution >= 4 is 33.3 Å². The van der Waals surface area contributed by atoms with E-state index in [9.17, 15) is 8.78 Å². The number of thiophene rings is 1. The zero-order valence-corrected chi connectivity index (χ0v) is 15.3. The SMILES string of the molecule is Cc1cc2c(NCCCc3ccccc3)nc(N3CC(F)(F)C3)nc2s1. The third-order valence-corrected chi connectivity index (χ3v) is 5.35. The van der Waals surface area contributed by atoms with Crippen LogP contribution < -0.4 is 10.2 Å². The summed E-state index contributed by atoms with van der Waals surface area (Å²) in [5.41, 5.74) is 1.30. The van der Waals surface area contributed by atoms with E-state index in [0.29, 0.717) is 5.95 Å². The Hall–Kier alpha value is -2.28. The van der Waals surface area contributed by atoms with Crippen LogP contribution in [0.2, 0.25) is 0 Å². The number of anilines is 2. The van der Waals surface area contributed by atoms with Gasteiger partial charge in [0, 0.05) is 11.4 Å². The molecule has 26 heavy (non-hydrogen) atoms. The highest BCUT2D eigenvalue weighted by Gasteiger charge is 2.45. The molecule has 1 aliphatic rings. The largest absolute Gasteiger partial charge is 0.369 e. The first-order valence-corrected chi connectivity index (χ1v) is 9.51. The molecule has 0 amide bonds. The number of hydrogen-bond donors (Lipinski definition) is 1. The van der Waals surface area contributed by atoms with Crippen LogP contribution in [0.4, 0.5) is 20.5 Å². The number of alkyl halides is 2. The Morgan fingerprint density at radius 1 is 1.19 bits per heavy atom. The van der Waals surface area contributed by atoms with Crippen molar-refractivity contribution in [1.82, 2.24) is 9.97 Å². The maximum atomic E-state index is 13.2. The number of hydrogen-bond acceptors (Lipinski definition) is 5. The second-order valence-corrected chi connectivity index (χ2v) is 7.91. The Bertz CT molecular complexity index is 903. The highest BCUT2D eigenvalue weighted by Crippen LogP contribution is 2.34. The molecule has 0 aliphatic carbocycles. The molecule has 0 spiro atoms. The van der Waals surface area contributed by atoms with Gasteiger partial charge in [-0.05, 0) is 31.4 Å². The van der Waals surface area contributed by atoms with Crippen LogP contribution in [0.25, 0.3) is 10.2 Å². The van der Waals surface area contributed by atoms with Gasteiger partial charge < -0.3 is 10.2 Å². The lowest BCUT2D eigenvalue weighted by Crippen LogP contribution is -2.57. The van der Waals surface area contributed by atoms with Gasteiger partial charge in [0.05, 0.1) is 18.5 Å². The Labute approximate surface area is 154 Å². The standard InChI is InChI=1S/C19H20F2N4S/c1-13-10-15-16(22-9-5-8-14-6-3-2-4-7-14)23-18(24-17(15)26-13)25-11-19(20,21)12-25/h2-4,6-7,10H,5,8-9,11-12H2,1H3,(H,22,23,24). The highest BCUT2D eigenvalue weighted by molar-refractivity contribution is 7.18. The van der Waals surface area contributed by atoms with Crippen molar-refractivity contribution in [2.45, 2.75) is 25.7 Å². The summed E-state index contributed by atoms with van der Waals surface area (Å²) in [6, 6.07) is 12.4. The molecular weight excluding hydrogens is 354 g/mol. The molecule has 0 radical (unpaired) electrons. The van der Waals surface area contributed by atoms with Crippen molar-refractivity contribution in [3.8, 4) is 0 Å². The number of aromatic nitrogens is 2.